The quantitative estimate of drug-likeness (QED) is 0.833. The minimum atomic E-state index is 0.0375. The molecule has 102 valence electrons. The van der Waals surface area contributed by atoms with Gasteiger partial charge in [-0.15, -0.1) is 11.3 Å². The Kier molecular flexibility index (Phi) is 4.28. The minimum absolute atomic E-state index is 0.0375. The zero-order valence-electron chi connectivity index (χ0n) is 11.5. The summed E-state index contributed by atoms with van der Waals surface area (Å²) in [5.74, 6) is 5.89. The first-order chi connectivity index (χ1) is 9.10. The summed E-state index contributed by atoms with van der Waals surface area (Å²) in [5, 5.41) is 3.19. The number of carbonyl (C=O) groups is 1. The van der Waals surface area contributed by atoms with Gasteiger partial charge in [-0.05, 0) is 44.2 Å². The van der Waals surface area contributed by atoms with Crippen LogP contribution in [0.5, 0.6) is 0 Å². The highest BCUT2D eigenvalue weighted by atomic mass is 32.1. The molecular weight excluding hydrogens is 256 g/mol. The van der Waals surface area contributed by atoms with Crippen LogP contribution in [0.15, 0.2) is 6.07 Å². The maximum Gasteiger partial charge on any atom is 0.261 e. The summed E-state index contributed by atoms with van der Waals surface area (Å²) >= 11 is 1.45. The molecule has 0 saturated heterocycles. The van der Waals surface area contributed by atoms with Gasteiger partial charge in [-0.1, -0.05) is 18.8 Å². The predicted molar refractivity (Wildman–Crippen MR) is 79.3 cm³/mol. The zero-order chi connectivity index (χ0) is 13.9. The monoisotopic (exact) mass is 276 g/mol. The van der Waals surface area contributed by atoms with Crippen molar-refractivity contribution in [3.63, 3.8) is 0 Å². The molecule has 1 aromatic rings. The summed E-state index contributed by atoms with van der Waals surface area (Å²) in [4.78, 5) is 14.0. The van der Waals surface area contributed by atoms with E-state index in [1.807, 2.05) is 13.0 Å². The summed E-state index contributed by atoms with van der Waals surface area (Å²) in [7, 11) is 0. The molecule has 0 spiro atoms. The van der Waals surface area contributed by atoms with E-state index in [-0.39, 0.29) is 11.4 Å². The van der Waals surface area contributed by atoms with Gasteiger partial charge in [0.15, 0.2) is 0 Å². The Morgan fingerprint density at radius 2 is 2.32 bits per heavy atom. The van der Waals surface area contributed by atoms with Crippen molar-refractivity contribution in [3.05, 3.63) is 21.4 Å². The number of aryl methyl sites for hydroxylation is 1. The first kappa shape index (κ1) is 14.1. The lowest BCUT2D eigenvalue weighted by molar-refractivity contribution is 0.0824. The fraction of sp³-hybridized carbons (Fsp3) is 0.533. The van der Waals surface area contributed by atoms with Crippen LogP contribution in [0.1, 0.15) is 52.7 Å². The van der Waals surface area contributed by atoms with Crippen LogP contribution in [0.25, 0.3) is 0 Å². The molecule has 0 radical (unpaired) electrons. The molecule has 0 bridgehead atoms. The van der Waals surface area contributed by atoms with Crippen LogP contribution in [0, 0.1) is 18.8 Å². The molecule has 2 rings (SSSR count). The Bertz CT molecular complexity index is 527. The van der Waals surface area contributed by atoms with Crippen LogP contribution >= 0.6 is 11.3 Å². The topological polar surface area (TPSA) is 55.1 Å². The van der Waals surface area contributed by atoms with Gasteiger partial charge >= 0.3 is 0 Å². The average Bonchev–Trinajstić information content (AvgIpc) is 2.72. The van der Waals surface area contributed by atoms with E-state index in [1.54, 1.807) is 0 Å². The van der Waals surface area contributed by atoms with E-state index < -0.39 is 0 Å². The maximum absolute atomic E-state index is 12.3. The summed E-state index contributed by atoms with van der Waals surface area (Å²) in [6, 6.07) is 1.92. The van der Waals surface area contributed by atoms with Crippen LogP contribution < -0.4 is 11.1 Å². The summed E-state index contributed by atoms with van der Waals surface area (Å²) in [5.41, 5.74) is 6.46. The Balaban J connectivity index is 2.11. The van der Waals surface area contributed by atoms with Gasteiger partial charge in [-0.25, -0.2) is 0 Å². The molecule has 19 heavy (non-hydrogen) atoms. The Morgan fingerprint density at radius 1 is 1.58 bits per heavy atom. The van der Waals surface area contributed by atoms with Gasteiger partial charge in [-0.2, -0.15) is 0 Å². The van der Waals surface area contributed by atoms with E-state index in [0.29, 0.717) is 6.54 Å². The molecule has 1 aromatic heterocycles. The predicted octanol–water partition coefficient (Wildman–Crippen LogP) is 2.43. The van der Waals surface area contributed by atoms with Crippen LogP contribution in [0.4, 0.5) is 0 Å². The van der Waals surface area contributed by atoms with E-state index in [4.69, 9.17) is 5.73 Å². The Morgan fingerprint density at radius 3 is 2.84 bits per heavy atom. The average molecular weight is 276 g/mol. The normalized spacial score (nSPS) is 16.2. The van der Waals surface area contributed by atoms with Gasteiger partial charge in [0, 0.05) is 5.54 Å². The third kappa shape index (κ3) is 2.99. The third-order valence-electron chi connectivity index (χ3n) is 3.81. The van der Waals surface area contributed by atoms with Crippen LogP contribution in [-0.2, 0) is 0 Å². The van der Waals surface area contributed by atoms with E-state index >= 15 is 0 Å². The highest BCUT2D eigenvalue weighted by Crippen LogP contribution is 2.35. The van der Waals surface area contributed by atoms with Crippen molar-refractivity contribution in [1.29, 1.82) is 0 Å². The van der Waals surface area contributed by atoms with Gasteiger partial charge in [0.1, 0.15) is 0 Å². The number of nitrogens with two attached hydrogens (primary N) is 1. The fourth-order valence-corrected chi connectivity index (χ4v) is 3.26. The third-order valence-corrected chi connectivity index (χ3v) is 4.96. The van der Waals surface area contributed by atoms with Crippen molar-refractivity contribution < 1.29 is 4.79 Å². The van der Waals surface area contributed by atoms with Crippen LogP contribution in [0.3, 0.4) is 0 Å². The molecule has 1 aliphatic rings. The molecule has 3 N–H and O–H groups in total. The highest BCUT2D eigenvalue weighted by Gasteiger charge is 2.36. The van der Waals surface area contributed by atoms with E-state index in [1.165, 1.54) is 17.8 Å². The molecule has 1 aliphatic carbocycles. The van der Waals surface area contributed by atoms with E-state index in [0.717, 1.165) is 34.6 Å². The van der Waals surface area contributed by atoms with Gasteiger partial charge in [-0.3, -0.25) is 4.79 Å². The Hall–Kier alpha value is -1.31. The number of thiophene rings is 1. The van der Waals surface area contributed by atoms with Crippen molar-refractivity contribution in [2.45, 2.75) is 45.1 Å². The van der Waals surface area contributed by atoms with Gasteiger partial charge in [0.05, 0.1) is 16.3 Å². The lowest BCUT2D eigenvalue weighted by Crippen LogP contribution is -2.52. The van der Waals surface area contributed by atoms with Gasteiger partial charge in [0.25, 0.3) is 5.91 Å². The van der Waals surface area contributed by atoms with E-state index in [9.17, 15) is 4.79 Å². The molecule has 4 heteroatoms. The Labute approximate surface area is 118 Å². The van der Waals surface area contributed by atoms with Gasteiger partial charge in [0.2, 0.25) is 0 Å². The summed E-state index contributed by atoms with van der Waals surface area (Å²) in [6.07, 6.45) is 4.41. The zero-order valence-corrected chi connectivity index (χ0v) is 12.3. The largest absolute Gasteiger partial charge is 0.346 e. The molecule has 0 aromatic carbocycles. The molecule has 1 amide bonds. The lowest BCUT2D eigenvalue weighted by Gasteiger charge is -2.41. The smallest absolute Gasteiger partial charge is 0.261 e. The fourth-order valence-electron chi connectivity index (χ4n) is 2.32. The number of hydrogen-bond acceptors (Lipinski definition) is 3. The van der Waals surface area contributed by atoms with Crippen molar-refractivity contribution in [3.8, 4) is 11.8 Å². The number of carbonyl (C=O) groups excluding carboxylic acids is 1. The highest BCUT2D eigenvalue weighted by molar-refractivity contribution is 7.14. The number of nitrogens with one attached hydrogen (secondary N) is 1. The molecule has 1 saturated carbocycles. The van der Waals surface area contributed by atoms with Crippen molar-refractivity contribution in [1.82, 2.24) is 5.32 Å². The summed E-state index contributed by atoms with van der Waals surface area (Å²) < 4.78 is 0. The second kappa shape index (κ2) is 5.77. The van der Waals surface area contributed by atoms with Crippen molar-refractivity contribution in [2.24, 2.45) is 5.73 Å². The molecule has 1 heterocycles. The summed E-state index contributed by atoms with van der Waals surface area (Å²) in [6.45, 7) is 4.46. The first-order valence-electron chi connectivity index (χ1n) is 6.72. The molecule has 0 unspecified atom stereocenters. The maximum atomic E-state index is 12.3. The van der Waals surface area contributed by atoms with Gasteiger partial charge < -0.3 is 11.1 Å². The van der Waals surface area contributed by atoms with E-state index in [2.05, 4.69) is 24.1 Å². The molecule has 3 nitrogen and oxygen atoms in total. The molecule has 1 fully saturated rings. The van der Waals surface area contributed by atoms with Crippen molar-refractivity contribution >= 4 is 17.2 Å². The van der Waals surface area contributed by atoms with Crippen molar-refractivity contribution in [2.75, 3.05) is 6.54 Å². The molecule has 0 aliphatic heterocycles. The number of rotatable bonds is 3. The lowest BCUT2D eigenvalue weighted by atomic mass is 9.75. The number of hydrogen-bond donors (Lipinski definition) is 2. The molecular formula is C15H20N2OS. The standard InChI is InChI=1S/C15H20N2OS/c1-3-15(7-5-8-15)17-14(18)13-10-11(2)12(19-13)6-4-9-16/h10H,3,5,7-9,16H2,1-2H3,(H,17,18). The SMILES string of the molecule is CCC1(NC(=O)c2cc(C)c(C#CCN)s2)CCC1. The van der Waals surface area contributed by atoms with Crippen LogP contribution in [0.2, 0.25) is 0 Å². The second-order valence-electron chi connectivity index (χ2n) is 5.07. The second-order valence-corrected chi connectivity index (χ2v) is 6.12. The minimum Gasteiger partial charge on any atom is -0.346 e. The first-order valence-corrected chi connectivity index (χ1v) is 7.54. The molecule has 0 atom stereocenters. The number of amides is 1. The van der Waals surface area contributed by atoms with Crippen LogP contribution in [-0.4, -0.2) is 18.0 Å².